The normalized spacial score (nSPS) is 12.5. The van der Waals surface area contributed by atoms with E-state index in [4.69, 9.17) is 9.47 Å². The van der Waals surface area contributed by atoms with E-state index < -0.39 is 6.04 Å². The summed E-state index contributed by atoms with van der Waals surface area (Å²) in [6.07, 6.45) is 0.713. The molecule has 2 aromatic carbocycles. The van der Waals surface area contributed by atoms with Crippen LogP contribution in [0.4, 0.5) is 5.13 Å². The number of rotatable bonds is 10. The summed E-state index contributed by atoms with van der Waals surface area (Å²) in [5.74, 6) is 0.544. The minimum Gasteiger partial charge on any atom is -0.497 e. The number of ether oxygens (including phenoxy) is 2. The fourth-order valence-corrected chi connectivity index (χ4v) is 3.64. The summed E-state index contributed by atoms with van der Waals surface area (Å²) in [5, 5.41) is 14.8. The zero-order valence-electron chi connectivity index (χ0n) is 18.2. The van der Waals surface area contributed by atoms with Crippen molar-refractivity contribution in [3.63, 3.8) is 0 Å². The van der Waals surface area contributed by atoms with Crippen molar-refractivity contribution in [1.82, 2.24) is 15.5 Å². The Morgan fingerprint density at radius 3 is 2.41 bits per heavy atom. The maximum atomic E-state index is 12.9. The van der Waals surface area contributed by atoms with Crippen LogP contribution in [0.3, 0.4) is 0 Å². The number of nitrogens with one attached hydrogen (secondary N) is 2. The third-order valence-corrected chi connectivity index (χ3v) is 5.80. The zero-order chi connectivity index (χ0) is 22.9. The third-order valence-electron chi connectivity index (χ3n) is 4.92. The first-order chi connectivity index (χ1) is 15.5. The van der Waals surface area contributed by atoms with Gasteiger partial charge in [-0.25, -0.2) is 0 Å². The number of hydrogen-bond donors (Lipinski definition) is 2. The number of para-hydroxylation sites is 1. The summed E-state index contributed by atoms with van der Waals surface area (Å²) < 4.78 is 10.6. The van der Waals surface area contributed by atoms with E-state index in [9.17, 15) is 9.59 Å². The lowest BCUT2D eigenvalue weighted by molar-refractivity contribution is -0.128. The Hall–Kier alpha value is -3.46. The highest BCUT2D eigenvalue weighted by Crippen LogP contribution is 2.28. The molecule has 2 unspecified atom stereocenters. The van der Waals surface area contributed by atoms with Crippen molar-refractivity contribution in [2.75, 3.05) is 19.0 Å². The Balaban J connectivity index is 1.61. The van der Waals surface area contributed by atoms with Gasteiger partial charge >= 0.3 is 0 Å². The Bertz CT molecular complexity index is 1020. The van der Waals surface area contributed by atoms with Gasteiger partial charge in [0.05, 0.1) is 7.11 Å². The van der Waals surface area contributed by atoms with E-state index >= 15 is 0 Å². The molecule has 168 valence electrons. The minimum absolute atomic E-state index is 0.0790. The lowest BCUT2D eigenvalue weighted by Gasteiger charge is -2.23. The predicted molar refractivity (Wildman–Crippen MR) is 124 cm³/mol. The van der Waals surface area contributed by atoms with Crippen LogP contribution in [0.2, 0.25) is 0 Å². The number of carbonyl (C=O) groups is 2. The number of aromatic nitrogens is 2. The van der Waals surface area contributed by atoms with Gasteiger partial charge in [-0.15, -0.1) is 10.2 Å². The van der Waals surface area contributed by atoms with Crippen molar-refractivity contribution < 1.29 is 19.1 Å². The highest BCUT2D eigenvalue weighted by atomic mass is 32.1. The summed E-state index contributed by atoms with van der Waals surface area (Å²) in [7, 11) is 1.61. The van der Waals surface area contributed by atoms with Gasteiger partial charge < -0.3 is 14.8 Å². The quantitative estimate of drug-likeness (QED) is 0.484. The maximum Gasteiger partial charge on any atom is 0.258 e. The summed E-state index contributed by atoms with van der Waals surface area (Å²) in [6.45, 7) is 3.69. The van der Waals surface area contributed by atoms with Crippen LogP contribution in [0.1, 0.15) is 20.3 Å². The van der Waals surface area contributed by atoms with Crippen LogP contribution < -0.4 is 20.1 Å². The van der Waals surface area contributed by atoms with Crippen LogP contribution in [0, 0.1) is 5.92 Å². The molecule has 8 nitrogen and oxygen atoms in total. The van der Waals surface area contributed by atoms with Crippen molar-refractivity contribution in [2.45, 2.75) is 26.3 Å². The first kappa shape index (κ1) is 23.2. The van der Waals surface area contributed by atoms with Gasteiger partial charge in [-0.2, -0.15) is 0 Å². The monoisotopic (exact) mass is 454 g/mol. The third kappa shape index (κ3) is 6.27. The number of methoxy groups -OCH3 is 1. The Kier molecular flexibility index (Phi) is 8.15. The average molecular weight is 455 g/mol. The van der Waals surface area contributed by atoms with Crippen LogP contribution >= 0.6 is 11.3 Å². The maximum absolute atomic E-state index is 12.9. The molecule has 3 rings (SSSR count). The van der Waals surface area contributed by atoms with E-state index in [0.29, 0.717) is 22.3 Å². The molecule has 3 aromatic rings. The van der Waals surface area contributed by atoms with E-state index in [2.05, 4.69) is 20.8 Å². The molecule has 0 spiro atoms. The van der Waals surface area contributed by atoms with E-state index in [1.165, 1.54) is 11.3 Å². The molecule has 0 saturated heterocycles. The molecular weight excluding hydrogens is 428 g/mol. The van der Waals surface area contributed by atoms with Crippen LogP contribution in [-0.2, 0) is 9.59 Å². The molecule has 2 atom stereocenters. The number of hydrogen-bond acceptors (Lipinski definition) is 7. The molecular formula is C23H26N4O4S. The molecule has 1 heterocycles. The van der Waals surface area contributed by atoms with Crippen molar-refractivity contribution >= 4 is 28.3 Å². The molecule has 0 fully saturated rings. The van der Waals surface area contributed by atoms with Gasteiger partial charge in [0.1, 0.15) is 22.5 Å². The topological polar surface area (TPSA) is 102 Å². The fourth-order valence-electron chi connectivity index (χ4n) is 2.89. The molecule has 0 aliphatic carbocycles. The highest BCUT2D eigenvalue weighted by Gasteiger charge is 2.27. The van der Waals surface area contributed by atoms with Crippen LogP contribution in [0.25, 0.3) is 10.6 Å². The SMILES string of the molecule is CCC(C)C(NC(=O)COc1ccccc1)C(=O)Nc1nnc(-c2ccc(OC)cc2)s1. The second kappa shape index (κ2) is 11.2. The summed E-state index contributed by atoms with van der Waals surface area (Å²) >= 11 is 1.26. The second-order valence-corrected chi connectivity index (χ2v) is 8.14. The second-order valence-electron chi connectivity index (χ2n) is 7.16. The molecule has 2 N–H and O–H groups in total. The molecule has 0 aliphatic heterocycles. The number of nitrogens with zero attached hydrogens (tertiary/aromatic N) is 2. The van der Waals surface area contributed by atoms with E-state index in [-0.39, 0.29) is 24.3 Å². The summed E-state index contributed by atoms with van der Waals surface area (Å²) in [4.78, 5) is 25.3. The number of anilines is 1. The fraction of sp³-hybridized carbons (Fsp3) is 0.304. The van der Waals surface area contributed by atoms with E-state index in [0.717, 1.165) is 11.3 Å². The molecule has 0 bridgehead atoms. The number of carbonyl (C=O) groups excluding carboxylic acids is 2. The van der Waals surface area contributed by atoms with Gasteiger partial charge in [0.25, 0.3) is 5.91 Å². The molecule has 9 heteroatoms. The van der Waals surface area contributed by atoms with Gasteiger partial charge in [-0.1, -0.05) is 49.8 Å². The smallest absolute Gasteiger partial charge is 0.258 e. The lowest BCUT2D eigenvalue weighted by Crippen LogP contribution is -2.49. The van der Waals surface area contributed by atoms with Crippen molar-refractivity contribution in [2.24, 2.45) is 5.92 Å². The number of amides is 2. The molecule has 0 saturated carbocycles. The first-order valence-electron chi connectivity index (χ1n) is 10.3. The first-order valence-corrected chi connectivity index (χ1v) is 11.1. The van der Waals surface area contributed by atoms with Crippen molar-refractivity contribution in [1.29, 1.82) is 0 Å². The van der Waals surface area contributed by atoms with E-state index in [1.807, 2.05) is 56.3 Å². The summed E-state index contributed by atoms with van der Waals surface area (Å²) in [5.41, 5.74) is 0.869. The standard InChI is InChI=1S/C23H26N4O4S/c1-4-15(2)20(24-19(28)14-31-18-8-6-5-7-9-18)21(29)25-23-27-26-22(32-23)16-10-12-17(30-3)13-11-16/h5-13,15,20H,4,14H2,1-3H3,(H,24,28)(H,25,27,29). The van der Waals surface area contributed by atoms with Crippen LogP contribution in [0.15, 0.2) is 54.6 Å². The van der Waals surface area contributed by atoms with Gasteiger partial charge in [-0.3, -0.25) is 14.9 Å². The van der Waals surface area contributed by atoms with Crippen molar-refractivity contribution in [3.8, 4) is 22.1 Å². The molecule has 32 heavy (non-hydrogen) atoms. The summed E-state index contributed by atoms with van der Waals surface area (Å²) in [6, 6.07) is 15.7. The van der Waals surface area contributed by atoms with Crippen LogP contribution in [0.5, 0.6) is 11.5 Å². The lowest BCUT2D eigenvalue weighted by atomic mass is 9.98. The molecule has 2 amide bonds. The average Bonchev–Trinajstić information content (AvgIpc) is 3.29. The Morgan fingerprint density at radius 2 is 1.75 bits per heavy atom. The van der Waals surface area contributed by atoms with Gasteiger partial charge in [-0.05, 0) is 42.3 Å². The highest BCUT2D eigenvalue weighted by molar-refractivity contribution is 7.18. The van der Waals surface area contributed by atoms with Gasteiger partial charge in [0, 0.05) is 5.56 Å². The molecule has 0 radical (unpaired) electrons. The largest absolute Gasteiger partial charge is 0.497 e. The molecule has 0 aliphatic rings. The predicted octanol–water partition coefficient (Wildman–Crippen LogP) is 3.76. The molecule has 1 aromatic heterocycles. The minimum atomic E-state index is -0.722. The Morgan fingerprint density at radius 1 is 1.03 bits per heavy atom. The van der Waals surface area contributed by atoms with Gasteiger partial charge in [0.15, 0.2) is 6.61 Å². The van der Waals surface area contributed by atoms with E-state index in [1.54, 1.807) is 19.2 Å². The number of benzene rings is 2. The van der Waals surface area contributed by atoms with Crippen molar-refractivity contribution in [3.05, 3.63) is 54.6 Å². The van der Waals surface area contributed by atoms with Crippen LogP contribution in [-0.4, -0.2) is 41.8 Å². The zero-order valence-corrected chi connectivity index (χ0v) is 19.0. The Labute approximate surface area is 191 Å². The van der Waals surface area contributed by atoms with Gasteiger partial charge in [0.2, 0.25) is 11.0 Å².